The number of fused-ring (bicyclic) bond motifs is 1. The molecule has 0 spiro atoms. The maximum absolute atomic E-state index is 12.8. The summed E-state index contributed by atoms with van der Waals surface area (Å²) in [5.41, 5.74) is 5.70. The zero-order valence-corrected chi connectivity index (χ0v) is 20.5. The number of hydrogen-bond acceptors (Lipinski definition) is 4. The number of para-hydroxylation sites is 1. The third-order valence-corrected chi connectivity index (χ3v) is 6.07. The van der Waals surface area contributed by atoms with Crippen molar-refractivity contribution in [2.24, 2.45) is 0 Å². The molecule has 4 rings (SSSR count). The Morgan fingerprint density at radius 2 is 1.81 bits per heavy atom. The maximum atomic E-state index is 12.8. The molecule has 4 aromatic rings. The maximum Gasteiger partial charge on any atom is 0.267 e. The van der Waals surface area contributed by atoms with Crippen LogP contribution in [0.4, 0.5) is 0 Å². The summed E-state index contributed by atoms with van der Waals surface area (Å²) in [5.74, 6) is 0.00461. The smallest absolute Gasteiger partial charge is 0.267 e. The van der Waals surface area contributed by atoms with E-state index in [1.54, 1.807) is 17.6 Å². The fraction of sp³-hybridized carbons (Fsp3) is 0.200. The van der Waals surface area contributed by atoms with Gasteiger partial charge in [0.2, 0.25) is 5.91 Å². The van der Waals surface area contributed by atoms with Crippen molar-refractivity contribution in [1.82, 2.24) is 15.8 Å². The van der Waals surface area contributed by atoms with Crippen LogP contribution in [0.25, 0.3) is 17.0 Å². The van der Waals surface area contributed by atoms with Gasteiger partial charge in [0.1, 0.15) is 12.4 Å². The Morgan fingerprint density at radius 1 is 1.00 bits per heavy atom. The molecular formula is C30H31N3O4. The summed E-state index contributed by atoms with van der Waals surface area (Å²) in [6.45, 7) is 0.286. The zero-order valence-electron chi connectivity index (χ0n) is 20.5. The van der Waals surface area contributed by atoms with Crippen molar-refractivity contribution in [3.8, 4) is 5.75 Å². The van der Waals surface area contributed by atoms with Crippen LogP contribution < -0.4 is 15.5 Å². The van der Waals surface area contributed by atoms with Crippen molar-refractivity contribution in [2.75, 3.05) is 6.61 Å². The van der Waals surface area contributed by atoms with E-state index in [-0.39, 0.29) is 18.6 Å². The number of rotatable bonds is 12. The third-order valence-electron chi connectivity index (χ3n) is 6.07. The van der Waals surface area contributed by atoms with Crippen molar-refractivity contribution < 1.29 is 19.5 Å². The van der Waals surface area contributed by atoms with Gasteiger partial charge in [-0.05, 0) is 60.2 Å². The molecule has 0 saturated heterocycles. The van der Waals surface area contributed by atoms with E-state index in [1.807, 2.05) is 60.8 Å². The monoisotopic (exact) mass is 497 g/mol. The number of carbonyl (C=O) groups excluding carboxylic acids is 2. The van der Waals surface area contributed by atoms with Gasteiger partial charge in [-0.1, -0.05) is 60.7 Å². The average Bonchev–Trinajstić information content (AvgIpc) is 3.34. The van der Waals surface area contributed by atoms with Crippen molar-refractivity contribution >= 4 is 28.8 Å². The number of H-pyrrole nitrogens is 1. The summed E-state index contributed by atoms with van der Waals surface area (Å²) >= 11 is 0. The molecule has 1 heterocycles. The number of aromatic amines is 1. The lowest BCUT2D eigenvalue weighted by molar-refractivity contribution is -0.124. The summed E-state index contributed by atoms with van der Waals surface area (Å²) in [7, 11) is 0. The standard InChI is InChI=1S/C30H31N3O4/c34-29(15-7-10-22-8-2-1-3-9-22)32-25(19-24-20-31-28-14-5-4-13-27(24)28)21-37-26-12-6-11-23(18-26)16-17-30(35)33-36/h1-6,8-9,11-14,16-18,20,25,31,36H,7,10,15,19,21H2,(H,32,34)(H,33,35)/b17-16+/t25-/m0/s1. The molecule has 0 bridgehead atoms. The van der Waals surface area contributed by atoms with Gasteiger partial charge in [-0.2, -0.15) is 0 Å². The average molecular weight is 498 g/mol. The first kappa shape index (κ1) is 25.7. The van der Waals surface area contributed by atoms with Gasteiger partial charge in [-0.25, -0.2) is 5.48 Å². The molecule has 0 aliphatic carbocycles. The van der Waals surface area contributed by atoms with Crippen LogP contribution in [0.2, 0.25) is 0 Å². The summed E-state index contributed by atoms with van der Waals surface area (Å²) in [5, 5.41) is 12.9. The molecule has 7 heteroatoms. The molecule has 1 atom stereocenters. The van der Waals surface area contributed by atoms with Gasteiger partial charge >= 0.3 is 0 Å². The molecule has 0 aliphatic rings. The third kappa shape index (κ3) is 7.81. The second-order valence-electron chi connectivity index (χ2n) is 8.86. The highest BCUT2D eigenvalue weighted by Crippen LogP contribution is 2.20. The summed E-state index contributed by atoms with van der Waals surface area (Å²) < 4.78 is 6.07. The van der Waals surface area contributed by atoms with Crippen LogP contribution in [0.1, 0.15) is 29.5 Å². The Hall–Kier alpha value is -4.36. The molecule has 0 fully saturated rings. The lowest BCUT2D eigenvalue weighted by Crippen LogP contribution is -2.40. The molecule has 4 N–H and O–H groups in total. The number of hydroxylamine groups is 1. The van der Waals surface area contributed by atoms with Gasteiger partial charge in [0.15, 0.2) is 0 Å². The molecule has 7 nitrogen and oxygen atoms in total. The fourth-order valence-electron chi connectivity index (χ4n) is 4.23. The SMILES string of the molecule is O=C(/C=C/c1cccc(OC[C@H](Cc2c[nH]c3ccccc23)NC(=O)CCCc2ccccc2)c1)NO. The molecule has 0 aliphatic heterocycles. The highest BCUT2D eigenvalue weighted by Gasteiger charge is 2.16. The van der Waals surface area contributed by atoms with E-state index < -0.39 is 5.91 Å². The molecule has 1 aromatic heterocycles. The van der Waals surface area contributed by atoms with Gasteiger partial charge in [0, 0.05) is 29.6 Å². The number of amides is 2. The molecule has 190 valence electrons. The van der Waals surface area contributed by atoms with Crippen LogP contribution in [0.5, 0.6) is 5.75 Å². The van der Waals surface area contributed by atoms with Crippen molar-refractivity contribution in [2.45, 2.75) is 31.7 Å². The largest absolute Gasteiger partial charge is 0.491 e. The number of aryl methyl sites for hydroxylation is 1. The highest BCUT2D eigenvalue weighted by molar-refractivity contribution is 5.90. The molecule has 0 unspecified atom stereocenters. The van der Waals surface area contributed by atoms with Gasteiger partial charge in [0.25, 0.3) is 5.91 Å². The van der Waals surface area contributed by atoms with Crippen molar-refractivity contribution in [1.29, 1.82) is 0 Å². The van der Waals surface area contributed by atoms with Gasteiger partial charge < -0.3 is 15.0 Å². The lowest BCUT2D eigenvalue weighted by atomic mass is 10.0. The second-order valence-corrected chi connectivity index (χ2v) is 8.86. The van der Waals surface area contributed by atoms with E-state index in [0.717, 1.165) is 34.9 Å². The second kappa shape index (κ2) is 13.1. The first-order valence-electron chi connectivity index (χ1n) is 12.3. The predicted molar refractivity (Wildman–Crippen MR) is 144 cm³/mol. The molecule has 2 amide bonds. The normalized spacial score (nSPS) is 11.9. The molecule has 3 aromatic carbocycles. The minimum absolute atomic E-state index is 0.00364. The van der Waals surface area contributed by atoms with E-state index >= 15 is 0 Å². The predicted octanol–water partition coefficient (Wildman–Crippen LogP) is 4.82. The van der Waals surface area contributed by atoms with Crippen LogP contribution in [0.3, 0.4) is 0 Å². The first-order chi connectivity index (χ1) is 18.1. The minimum Gasteiger partial charge on any atom is -0.491 e. The molecule has 0 radical (unpaired) electrons. The van der Waals surface area contributed by atoms with E-state index in [1.165, 1.54) is 11.6 Å². The number of benzene rings is 3. The number of hydrogen-bond donors (Lipinski definition) is 4. The van der Waals surface area contributed by atoms with Crippen LogP contribution in [-0.4, -0.2) is 34.7 Å². The summed E-state index contributed by atoms with van der Waals surface area (Å²) in [6.07, 6.45) is 7.47. The Kier molecular flexibility index (Phi) is 9.10. The highest BCUT2D eigenvalue weighted by atomic mass is 16.5. The van der Waals surface area contributed by atoms with Gasteiger partial charge in [-0.3, -0.25) is 14.8 Å². The number of ether oxygens (including phenoxy) is 1. The van der Waals surface area contributed by atoms with E-state index in [9.17, 15) is 9.59 Å². The minimum atomic E-state index is -0.611. The lowest BCUT2D eigenvalue weighted by Gasteiger charge is -2.20. The van der Waals surface area contributed by atoms with Crippen LogP contribution in [0.15, 0.2) is 91.1 Å². The summed E-state index contributed by atoms with van der Waals surface area (Å²) in [4.78, 5) is 27.4. The molecular weight excluding hydrogens is 466 g/mol. The Morgan fingerprint density at radius 3 is 2.65 bits per heavy atom. The Balaban J connectivity index is 1.41. The van der Waals surface area contributed by atoms with E-state index in [0.29, 0.717) is 18.6 Å². The van der Waals surface area contributed by atoms with Crippen molar-refractivity contribution in [3.63, 3.8) is 0 Å². The zero-order chi connectivity index (χ0) is 25.9. The number of carbonyl (C=O) groups is 2. The fourth-order valence-corrected chi connectivity index (χ4v) is 4.23. The van der Waals surface area contributed by atoms with E-state index in [2.05, 4.69) is 28.5 Å². The summed E-state index contributed by atoms with van der Waals surface area (Å²) in [6, 6.07) is 25.3. The quantitative estimate of drug-likeness (QED) is 0.128. The topological polar surface area (TPSA) is 103 Å². The van der Waals surface area contributed by atoms with Crippen LogP contribution >= 0.6 is 0 Å². The first-order valence-corrected chi connectivity index (χ1v) is 12.3. The van der Waals surface area contributed by atoms with Gasteiger partial charge in [-0.15, -0.1) is 0 Å². The number of nitrogens with one attached hydrogen (secondary N) is 3. The van der Waals surface area contributed by atoms with E-state index in [4.69, 9.17) is 9.94 Å². The number of aromatic nitrogens is 1. The van der Waals surface area contributed by atoms with Gasteiger partial charge in [0.05, 0.1) is 6.04 Å². The molecule has 37 heavy (non-hydrogen) atoms. The Labute approximate surface area is 216 Å². The Bertz CT molecular complexity index is 1350. The molecule has 0 saturated carbocycles. The van der Waals surface area contributed by atoms with Crippen LogP contribution in [0, 0.1) is 0 Å². The van der Waals surface area contributed by atoms with Crippen molar-refractivity contribution in [3.05, 3.63) is 108 Å². The van der Waals surface area contributed by atoms with Crippen LogP contribution in [-0.2, 0) is 22.4 Å².